The van der Waals surface area contributed by atoms with Crippen molar-refractivity contribution < 1.29 is 29.3 Å². The van der Waals surface area contributed by atoms with Gasteiger partial charge in [-0.1, -0.05) is 30.3 Å². The van der Waals surface area contributed by atoms with Crippen LogP contribution in [0.25, 0.3) is 11.1 Å². The van der Waals surface area contributed by atoms with Gasteiger partial charge in [0.15, 0.2) is 0 Å². The maximum absolute atomic E-state index is 13.6. The molecule has 1 aromatic heterocycles. The Labute approximate surface area is 232 Å². The first-order valence-electron chi connectivity index (χ1n) is 11.6. The molecule has 1 heterocycles. The first kappa shape index (κ1) is 29.7. The Bertz CT molecular complexity index is 1170. The molecule has 188 valence electrons. The van der Waals surface area contributed by atoms with Crippen molar-refractivity contribution in [1.29, 1.82) is 0 Å². The van der Waals surface area contributed by atoms with Gasteiger partial charge in [-0.2, -0.15) is 0 Å². The van der Waals surface area contributed by atoms with Gasteiger partial charge in [0.2, 0.25) is 0 Å². The normalized spacial score (nSPS) is 12.5. The average Bonchev–Trinajstić information content (AvgIpc) is 3.09. The maximum atomic E-state index is 13.6. The van der Waals surface area contributed by atoms with Crippen molar-refractivity contribution in [3.63, 3.8) is 0 Å². The van der Waals surface area contributed by atoms with E-state index in [1.165, 1.54) is 12.1 Å². The third kappa shape index (κ3) is 7.51. The van der Waals surface area contributed by atoms with Gasteiger partial charge in [0, 0.05) is 23.5 Å². The fourth-order valence-electron chi connectivity index (χ4n) is 4.44. The molecule has 7 nitrogen and oxygen atoms in total. The molecule has 0 saturated carbocycles. The van der Waals surface area contributed by atoms with Crippen LogP contribution in [0.2, 0.25) is 0 Å². The van der Waals surface area contributed by atoms with Crippen molar-refractivity contribution in [1.82, 2.24) is 4.57 Å². The summed E-state index contributed by atoms with van der Waals surface area (Å²) in [6, 6.07) is 15.2. The number of nitrogens with zero attached hydrogens (tertiary/aromatic N) is 1. The van der Waals surface area contributed by atoms with E-state index in [-0.39, 0.29) is 54.1 Å². The van der Waals surface area contributed by atoms with Crippen molar-refractivity contribution in [2.24, 2.45) is 0 Å². The molecule has 0 bridgehead atoms. The Morgan fingerprint density at radius 2 is 1.67 bits per heavy atom. The van der Waals surface area contributed by atoms with Crippen LogP contribution in [0.1, 0.15) is 47.9 Å². The molecular weight excluding hydrogens is 474 g/mol. The van der Waals surface area contributed by atoms with E-state index >= 15 is 0 Å². The van der Waals surface area contributed by atoms with Crippen LogP contribution >= 0.6 is 0 Å². The van der Waals surface area contributed by atoms with Gasteiger partial charge >= 0.3 is 35.5 Å². The van der Waals surface area contributed by atoms with Gasteiger partial charge in [-0.25, -0.2) is 4.39 Å². The average molecular weight is 507 g/mol. The van der Waals surface area contributed by atoms with Crippen LogP contribution in [0.4, 0.5) is 10.1 Å². The Morgan fingerprint density at radius 3 is 2.25 bits per heavy atom. The van der Waals surface area contributed by atoms with Crippen molar-refractivity contribution in [3.05, 3.63) is 77.4 Å². The third-order valence-corrected chi connectivity index (χ3v) is 5.98. The van der Waals surface area contributed by atoms with Crippen LogP contribution in [0, 0.1) is 12.7 Å². The van der Waals surface area contributed by atoms with Gasteiger partial charge in [0.05, 0.1) is 18.6 Å². The zero-order chi connectivity index (χ0) is 25.5. The van der Waals surface area contributed by atoms with E-state index in [4.69, 9.17) is 5.11 Å². The second-order valence-electron chi connectivity index (χ2n) is 8.55. The van der Waals surface area contributed by atoms with Crippen molar-refractivity contribution >= 4 is 47.1 Å². The summed E-state index contributed by atoms with van der Waals surface area (Å²) in [6.07, 6.45) is -1.94. The summed E-state index contributed by atoms with van der Waals surface area (Å²) in [5.41, 5.74) is 4.23. The molecule has 2 atom stereocenters. The summed E-state index contributed by atoms with van der Waals surface area (Å²) in [4.78, 5) is 24.1. The van der Waals surface area contributed by atoms with Crippen molar-refractivity contribution in [2.45, 2.75) is 58.3 Å². The Balaban J connectivity index is 0.00000456. The second-order valence-corrected chi connectivity index (χ2v) is 8.55. The Kier molecular flexibility index (Phi) is 11.3. The van der Waals surface area contributed by atoms with Crippen LogP contribution in [-0.4, -0.2) is 73.5 Å². The number of hydrogen-bond acceptors (Lipinski definition) is 4. The van der Waals surface area contributed by atoms with Gasteiger partial charge in [-0.05, 0) is 68.5 Å². The van der Waals surface area contributed by atoms with E-state index in [2.05, 4.69) is 5.32 Å². The van der Waals surface area contributed by atoms with Crippen molar-refractivity contribution in [3.8, 4) is 11.1 Å². The molecule has 0 aliphatic heterocycles. The molecule has 0 saturated heterocycles. The first-order valence-corrected chi connectivity index (χ1v) is 11.6. The van der Waals surface area contributed by atoms with E-state index in [0.29, 0.717) is 24.3 Å². The Morgan fingerprint density at radius 1 is 1.03 bits per heavy atom. The molecule has 9 heteroatoms. The topological polar surface area (TPSA) is 112 Å². The number of aromatic nitrogens is 1. The summed E-state index contributed by atoms with van der Waals surface area (Å²) in [5, 5.41) is 32.1. The third-order valence-electron chi connectivity index (χ3n) is 5.98. The number of rotatable bonds is 11. The summed E-state index contributed by atoms with van der Waals surface area (Å²) in [7, 11) is 0. The molecule has 0 spiro atoms. The van der Waals surface area contributed by atoms with Crippen LogP contribution in [0.3, 0.4) is 0 Å². The summed E-state index contributed by atoms with van der Waals surface area (Å²) < 4.78 is 15.5. The number of halogens is 1. The molecule has 0 radical (unpaired) electrons. The number of benzene rings is 2. The number of aliphatic hydroxyl groups is 2. The standard InChI is InChI=1S/C27H31FN2O5.Na.H/c1-3-30-23(14-13-21(31)15-22(32)16-24(33)34)25(18-9-11-19(28)12-10-18)17(2)26(30)27(35)29-20-7-5-4-6-8-20;;/h4-12,21-22,31-32H,3,13-16H2,1-2H3,(H,29,35)(H,33,34);;/t21-,22-;;/m1../s1. The fraction of sp³-hybridized carbons (Fsp3) is 0.333. The van der Waals surface area contributed by atoms with Crippen LogP contribution < -0.4 is 5.32 Å². The molecule has 3 aromatic rings. The van der Waals surface area contributed by atoms with Crippen molar-refractivity contribution in [2.75, 3.05) is 5.32 Å². The predicted molar refractivity (Wildman–Crippen MR) is 139 cm³/mol. The number of carbonyl (C=O) groups is 2. The number of aliphatic hydroxyl groups excluding tert-OH is 2. The molecule has 3 rings (SSSR count). The van der Waals surface area contributed by atoms with Crippen LogP contribution in [0.5, 0.6) is 0 Å². The second kappa shape index (κ2) is 13.7. The van der Waals surface area contributed by atoms with E-state index in [1.807, 2.05) is 36.6 Å². The number of carboxylic acids is 1. The van der Waals surface area contributed by atoms with E-state index in [9.17, 15) is 24.2 Å². The number of amides is 1. The molecule has 36 heavy (non-hydrogen) atoms. The molecule has 1 amide bonds. The molecule has 0 fully saturated rings. The fourth-order valence-corrected chi connectivity index (χ4v) is 4.44. The Hall–Kier alpha value is -2.49. The zero-order valence-corrected chi connectivity index (χ0v) is 19.9. The number of hydrogen-bond donors (Lipinski definition) is 4. The quantitative estimate of drug-likeness (QED) is 0.296. The minimum absolute atomic E-state index is 0. The summed E-state index contributed by atoms with van der Waals surface area (Å²) >= 11 is 0. The molecule has 0 unspecified atom stereocenters. The van der Waals surface area contributed by atoms with E-state index in [0.717, 1.165) is 22.4 Å². The monoisotopic (exact) mass is 506 g/mol. The van der Waals surface area contributed by atoms with E-state index < -0.39 is 24.6 Å². The summed E-state index contributed by atoms with van der Waals surface area (Å²) in [6.45, 7) is 4.26. The van der Waals surface area contributed by atoms with Gasteiger partial charge in [0.1, 0.15) is 11.5 Å². The molecule has 2 aromatic carbocycles. The molecule has 4 N–H and O–H groups in total. The number of aliphatic carboxylic acids is 1. The summed E-state index contributed by atoms with van der Waals surface area (Å²) in [5.74, 6) is -1.77. The van der Waals surface area contributed by atoms with Gasteiger partial charge in [-0.15, -0.1) is 0 Å². The number of anilines is 1. The molecule has 0 aliphatic carbocycles. The number of nitrogens with one attached hydrogen (secondary N) is 1. The van der Waals surface area contributed by atoms with E-state index in [1.54, 1.807) is 24.3 Å². The van der Waals surface area contributed by atoms with Gasteiger partial charge in [-0.3, -0.25) is 9.59 Å². The number of carboxylic acid groups (broad SMARTS) is 1. The number of para-hydroxylation sites is 1. The van der Waals surface area contributed by atoms with Gasteiger partial charge < -0.3 is 25.2 Å². The zero-order valence-electron chi connectivity index (χ0n) is 19.9. The molecular formula is C27H32FN2NaO5. The molecule has 0 aliphatic rings. The van der Waals surface area contributed by atoms with Gasteiger partial charge in [0.25, 0.3) is 5.91 Å². The SMILES string of the molecule is CCn1c(CC[C@@H](O)C[C@@H](O)CC(=O)O)c(-c2ccc(F)cc2)c(C)c1C(=O)Nc1ccccc1.[NaH]. The number of carbonyl (C=O) groups excluding carboxylic acids is 1. The van der Waals surface area contributed by atoms with Crippen LogP contribution in [-0.2, 0) is 17.8 Å². The predicted octanol–water partition coefficient (Wildman–Crippen LogP) is 3.75. The minimum atomic E-state index is -1.15. The first-order chi connectivity index (χ1) is 16.7. The van der Waals surface area contributed by atoms with Crippen LogP contribution in [0.15, 0.2) is 54.6 Å².